The van der Waals surface area contributed by atoms with Crippen LogP contribution in [0.5, 0.6) is 0 Å². The first-order valence-corrected chi connectivity index (χ1v) is 5.33. The van der Waals surface area contributed by atoms with Crippen molar-refractivity contribution in [3.8, 4) is 12.3 Å². The zero-order chi connectivity index (χ0) is 13.9. The number of hydrogen-bond acceptors (Lipinski definition) is 3. The van der Waals surface area contributed by atoms with Crippen LogP contribution in [0.1, 0.15) is 13.8 Å². The maximum atomic E-state index is 11.9. The van der Waals surface area contributed by atoms with Crippen LogP contribution in [-0.2, 0) is 9.59 Å². The predicted molar refractivity (Wildman–Crippen MR) is 62.6 cm³/mol. The van der Waals surface area contributed by atoms with Gasteiger partial charge in [-0.15, -0.1) is 6.42 Å². The zero-order valence-corrected chi connectivity index (χ0v) is 10.2. The average molecular weight is 253 g/mol. The molecule has 1 atom stereocenters. The number of nitrogens with zero attached hydrogens (tertiary/aromatic N) is 1. The van der Waals surface area contributed by atoms with Crippen molar-refractivity contribution >= 4 is 17.9 Å². The molecule has 7 heteroatoms. The van der Waals surface area contributed by atoms with E-state index >= 15 is 0 Å². The van der Waals surface area contributed by atoms with Crippen molar-refractivity contribution in [1.82, 2.24) is 15.5 Å². The van der Waals surface area contributed by atoms with E-state index in [4.69, 9.17) is 11.5 Å². The Morgan fingerprint density at radius 3 is 2.72 bits per heavy atom. The second-order valence-electron chi connectivity index (χ2n) is 4.49. The lowest BCUT2D eigenvalue weighted by molar-refractivity contribution is -0.144. The summed E-state index contributed by atoms with van der Waals surface area (Å²) in [4.78, 5) is 35.1. The van der Waals surface area contributed by atoms with E-state index < -0.39 is 29.5 Å². The summed E-state index contributed by atoms with van der Waals surface area (Å²) >= 11 is 0. The van der Waals surface area contributed by atoms with Crippen molar-refractivity contribution in [2.24, 2.45) is 0 Å². The fraction of sp³-hybridized carbons (Fsp3) is 0.545. The van der Waals surface area contributed by atoms with Gasteiger partial charge in [0.05, 0.1) is 5.54 Å². The number of aliphatic carboxylic acids is 1. The van der Waals surface area contributed by atoms with Gasteiger partial charge in [-0.05, 0) is 13.8 Å². The zero-order valence-electron chi connectivity index (χ0n) is 10.2. The summed E-state index contributed by atoms with van der Waals surface area (Å²) in [6, 6.07) is -1.75. The molecule has 1 fully saturated rings. The maximum Gasteiger partial charge on any atom is 0.328 e. The summed E-state index contributed by atoms with van der Waals surface area (Å²) in [6.45, 7) is 2.79. The summed E-state index contributed by atoms with van der Waals surface area (Å²) in [5.41, 5.74) is -0.909. The average Bonchev–Trinajstić information content (AvgIpc) is 2.28. The molecule has 1 saturated heterocycles. The summed E-state index contributed by atoms with van der Waals surface area (Å²) in [5, 5.41) is 13.9. The number of nitrogens with one attached hydrogen (secondary N) is 2. The first kappa shape index (κ1) is 13.8. The Morgan fingerprint density at radius 2 is 2.22 bits per heavy atom. The van der Waals surface area contributed by atoms with Gasteiger partial charge in [0.1, 0.15) is 12.6 Å². The van der Waals surface area contributed by atoms with E-state index in [0.717, 1.165) is 4.90 Å². The van der Waals surface area contributed by atoms with Crippen LogP contribution in [0.4, 0.5) is 4.79 Å². The van der Waals surface area contributed by atoms with E-state index in [9.17, 15) is 14.4 Å². The fourth-order valence-corrected chi connectivity index (χ4v) is 1.45. The van der Waals surface area contributed by atoms with Gasteiger partial charge in [0, 0.05) is 6.54 Å². The summed E-state index contributed by atoms with van der Waals surface area (Å²) in [6.07, 6.45) is 5.23. The van der Waals surface area contributed by atoms with Crippen molar-refractivity contribution < 1.29 is 19.5 Å². The molecule has 0 aromatic carbocycles. The predicted octanol–water partition coefficient (Wildman–Crippen LogP) is -1.01. The highest BCUT2D eigenvalue weighted by Gasteiger charge is 2.36. The highest BCUT2D eigenvalue weighted by molar-refractivity contribution is 5.90. The Balaban J connectivity index is 2.83. The van der Waals surface area contributed by atoms with Crippen LogP contribution < -0.4 is 10.6 Å². The SMILES string of the molecule is C#CC(C)(C)NC(=O)N1CC(=O)NCC1C(=O)O. The van der Waals surface area contributed by atoms with Gasteiger partial charge in [-0.2, -0.15) is 0 Å². The van der Waals surface area contributed by atoms with E-state index in [1.54, 1.807) is 13.8 Å². The number of carboxylic acids is 1. The molecule has 0 aromatic heterocycles. The summed E-state index contributed by atoms with van der Waals surface area (Å²) in [7, 11) is 0. The molecule has 0 bridgehead atoms. The molecule has 3 amide bonds. The Bertz CT molecular complexity index is 424. The normalized spacial score (nSPS) is 19.7. The molecule has 1 unspecified atom stereocenters. The van der Waals surface area contributed by atoms with Gasteiger partial charge >= 0.3 is 12.0 Å². The van der Waals surface area contributed by atoms with Gasteiger partial charge in [0.2, 0.25) is 5.91 Å². The second kappa shape index (κ2) is 4.96. The molecule has 0 radical (unpaired) electrons. The fourth-order valence-electron chi connectivity index (χ4n) is 1.45. The van der Waals surface area contributed by atoms with Crippen LogP contribution >= 0.6 is 0 Å². The van der Waals surface area contributed by atoms with Crippen molar-refractivity contribution in [3.63, 3.8) is 0 Å². The van der Waals surface area contributed by atoms with Crippen LogP contribution in [0.15, 0.2) is 0 Å². The molecule has 7 nitrogen and oxygen atoms in total. The quantitative estimate of drug-likeness (QED) is 0.549. The molecule has 0 aromatic rings. The third-order valence-corrected chi connectivity index (χ3v) is 2.51. The van der Waals surface area contributed by atoms with E-state index in [0.29, 0.717) is 0 Å². The number of carbonyl (C=O) groups excluding carboxylic acids is 2. The molecule has 0 saturated carbocycles. The molecular weight excluding hydrogens is 238 g/mol. The minimum absolute atomic E-state index is 0.113. The molecule has 1 aliphatic rings. The van der Waals surface area contributed by atoms with Crippen LogP contribution in [0, 0.1) is 12.3 Å². The Morgan fingerprint density at radius 1 is 1.61 bits per heavy atom. The molecule has 18 heavy (non-hydrogen) atoms. The smallest absolute Gasteiger partial charge is 0.328 e. The number of urea groups is 1. The monoisotopic (exact) mass is 253 g/mol. The van der Waals surface area contributed by atoms with E-state index in [1.165, 1.54) is 0 Å². The molecule has 1 rings (SSSR count). The lowest BCUT2D eigenvalue weighted by Gasteiger charge is -2.34. The van der Waals surface area contributed by atoms with Crippen LogP contribution in [0.2, 0.25) is 0 Å². The Kier molecular flexibility index (Phi) is 3.81. The van der Waals surface area contributed by atoms with E-state index in [-0.39, 0.29) is 13.1 Å². The maximum absolute atomic E-state index is 11.9. The van der Waals surface area contributed by atoms with E-state index in [1.807, 2.05) is 0 Å². The number of carbonyl (C=O) groups is 3. The molecule has 3 N–H and O–H groups in total. The largest absolute Gasteiger partial charge is 0.480 e. The lowest BCUT2D eigenvalue weighted by atomic mass is 10.1. The summed E-state index contributed by atoms with van der Waals surface area (Å²) < 4.78 is 0. The highest BCUT2D eigenvalue weighted by atomic mass is 16.4. The number of rotatable bonds is 2. The van der Waals surface area contributed by atoms with Crippen molar-refractivity contribution in [2.75, 3.05) is 13.1 Å². The number of piperazine rings is 1. The Labute approximate surface area is 105 Å². The summed E-state index contributed by atoms with van der Waals surface area (Å²) in [5.74, 6) is 0.781. The number of carboxylic acid groups (broad SMARTS) is 1. The van der Waals surface area contributed by atoms with Crippen LogP contribution in [0.25, 0.3) is 0 Å². The van der Waals surface area contributed by atoms with Gasteiger partial charge < -0.3 is 15.7 Å². The number of hydrogen-bond donors (Lipinski definition) is 3. The van der Waals surface area contributed by atoms with Crippen molar-refractivity contribution in [3.05, 3.63) is 0 Å². The number of amides is 3. The van der Waals surface area contributed by atoms with Gasteiger partial charge in [-0.25, -0.2) is 9.59 Å². The van der Waals surface area contributed by atoms with Gasteiger partial charge in [-0.3, -0.25) is 9.69 Å². The van der Waals surface area contributed by atoms with Crippen molar-refractivity contribution in [1.29, 1.82) is 0 Å². The van der Waals surface area contributed by atoms with Crippen molar-refractivity contribution in [2.45, 2.75) is 25.4 Å². The topological polar surface area (TPSA) is 98.7 Å². The number of terminal acetylenes is 1. The Hall–Kier alpha value is -2.23. The minimum atomic E-state index is -1.18. The van der Waals surface area contributed by atoms with Crippen LogP contribution in [-0.4, -0.2) is 52.6 Å². The molecule has 0 spiro atoms. The molecule has 1 heterocycles. The van der Waals surface area contributed by atoms with Gasteiger partial charge in [0.15, 0.2) is 0 Å². The molecule has 98 valence electrons. The standard InChI is InChI=1S/C11H15N3O4/c1-4-11(2,3)13-10(18)14-6-8(15)12-5-7(14)9(16)17/h1,7H,5-6H2,2-3H3,(H,12,15)(H,13,18)(H,16,17). The molecule has 1 aliphatic heterocycles. The highest BCUT2D eigenvalue weighted by Crippen LogP contribution is 2.08. The molecule has 0 aliphatic carbocycles. The third-order valence-electron chi connectivity index (χ3n) is 2.51. The van der Waals surface area contributed by atoms with Gasteiger partial charge in [0.25, 0.3) is 0 Å². The first-order chi connectivity index (χ1) is 8.26. The lowest BCUT2D eigenvalue weighted by Crippen LogP contribution is -2.63. The molecular formula is C11H15N3O4. The third kappa shape index (κ3) is 3.13. The van der Waals surface area contributed by atoms with Gasteiger partial charge in [-0.1, -0.05) is 5.92 Å². The first-order valence-electron chi connectivity index (χ1n) is 5.33. The minimum Gasteiger partial charge on any atom is -0.480 e. The van der Waals surface area contributed by atoms with Crippen LogP contribution in [0.3, 0.4) is 0 Å². The van der Waals surface area contributed by atoms with E-state index in [2.05, 4.69) is 16.6 Å². The second-order valence-corrected chi connectivity index (χ2v) is 4.49.